The van der Waals surface area contributed by atoms with Gasteiger partial charge in [-0.15, -0.1) is 11.3 Å². The summed E-state index contributed by atoms with van der Waals surface area (Å²) in [6, 6.07) is 24.9. The number of sulfone groups is 1. The zero-order valence-electron chi connectivity index (χ0n) is 21.6. The zero-order valence-corrected chi connectivity index (χ0v) is 23.2. The van der Waals surface area contributed by atoms with Crippen molar-refractivity contribution >= 4 is 37.8 Å². The minimum atomic E-state index is -4.16. The fraction of sp³-hybridized carbons (Fsp3) is 0.200. The summed E-state index contributed by atoms with van der Waals surface area (Å²) in [4.78, 5) is 15.3. The van der Waals surface area contributed by atoms with Crippen molar-refractivity contribution in [3.8, 4) is 11.8 Å². The topological polar surface area (TPSA) is 83.2 Å². The maximum absolute atomic E-state index is 13.7. The summed E-state index contributed by atoms with van der Waals surface area (Å²) in [5.74, 6) is 0. The van der Waals surface area contributed by atoms with Crippen LogP contribution in [0.3, 0.4) is 0 Å². The van der Waals surface area contributed by atoms with E-state index in [2.05, 4.69) is 6.92 Å². The second kappa shape index (κ2) is 11.6. The van der Waals surface area contributed by atoms with E-state index < -0.39 is 14.7 Å². The number of nitriles is 1. The summed E-state index contributed by atoms with van der Waals surface area (Å²) in [6.45, 7) is 2.13. The number of unbranched alkanes of at least 4 members (excludes halogenated alkanes) is 1. The largest absolute Gasteiger partial charge is 0.378 e. The van der Waals surface area contributed by atoms with Crippen LogP contribution in [0, 0.1) is 11.3 Å². The monoisotopic (exact) mass is 543 g/mol. The molecule has 0 aliphatic heterocycles. The van der Waals surface area contributed by atoms with E-state index in [0.29, 0.717) is 10.2 Å². The molecule has 4 aromatic rings. The summed E-state index contributed by atoms with van der Waals surface area (Å²) in [6.07, 6.45) is 4.77. The van der Waals surface area contributed by atoms with Gasteiger partial charge < -0.3 is 4.90 Å². The van der Waals surface area contributed by atoms with Crippen molar-refractivity contribution < 1.29 is 8.42 Å². The molecule has 0 spiro atoms. The van der Waals surface area contributed by atoms with Gasteiger partial charge in [0.15, 0.2) is 4.91 Å². The normalized spacial score (nSPS) is 12.7. The van der Waals surface area contributed by atoms with Gasteiger partial charge in [-0.25, -0.2) is 8.42 Å². The number of aromatic nitrogens is 1. The van der Waals surface area contributed by atoms with Crippen molar-refractivity contribution in [2.24, 2.45) is 0 Å². The van der Waals surface area contributed by atoms with Crippen molar-refractivity contribution in [3.05, 3.63) is 110 Å². The fourth-order valence-electron chi connectivity index (χ4n) is 4.02. The second-order valence-electron chi connectivity index (χ2n) is 9.07. The smallest absolute Gasteiger partial charge is 0.273 e. The van der Waals surface area contributed by atoms with Crippen LogP contribution in [0.4, 0.5) is 5.69 Å². The SMILES string of the molecule is CCCCc1ccc(-n2c(=C(C#N)S(=O)(=O)c3ccccc3)sc(=Cc3ccc(N(C)C)cc3)c2=O)cc1. The average Bonchev–Trinajstić information content (AvgIpc) is 3.23. The molecule has 6 nitrogen and oxygen atoms in total. The maximum Gasteiger partial charge on any atom is 0.273 e. The Morgan fingerprint density at radius 1 is 1.00 bits per heavy atom. The van der Waals surface area contributed by atoms with Crippen LogP contribution < -0.4 is 19.7 Å². The van der Waals surface area contributed by atoms with E-state index >= 15 is 0 Å². The first kappa shape index (κ1) is 27.1. The molecule has 0 radical (unpaired) electrons. The number of hydrogen-bond acceptors (Lipinski definition) is 6. The molecule has 1 heterocycles. The number of thiazole rings is 1. The molecule has 0 saturated carbocycles. The van der Waals surface area contributed by atoms with E-state index in [1.165, 1.54) is 16.7 Å². The predicted molar refractivity (Wildman–Crippen MR) is 155 cm³/mol. The van der Waals surface area contributed by atoms with Gasteiger partial charge in [-0.2, -0.15) is 5.26 Å². The number of rotatable bonds is 8. The van der Waals surface area contributed by atoms with Crippen LogP contribution in [0.25, 0.3) is 16.7 Å². The lowest BCUT2D eigenvalue weighted by molar-refractivity contribution is 0.606. The van der Waals surface area contributed by atoms with E-state index in [9.17, 15) is 18.5 Å². The Morgan fingerprint density at radius 3 is 2.24 bits per heavy atom. The molecule has 0 aliphatic rings. The van der Waals surface area contributed by atoms with Crippen LogP contribution in [-0.2, 0) is 16.3 Å². The lowest BCUT2D eigenvalue weighted by atomic mass is 10.1. The average molecular weight is 544 g/mol. The number of aryl methyl sites for hydroxylation is 1. The van der Waals surface area contributed by atoms with Gasteiger partial charge in [0.2, 0.25) is 9.84 Å². The Balaban J connectivity index is 1.99. The molecule has 0 N–H and O–H groups in total. The highest BCUT2D eigenvalue weighted by molar-refractivity contribution is 8.00. The van der Waals surface area contributed by atoms with Crippen molar-refractivity contribution in [1.29, 1.82) is 5.26 Å². The minimum Gasteiger partial charge on any atom is -0.378 e. The molecule has 1 aromatic heterocycles. The van der Waals surface area contributed by atoms with E-state index in [4.69, 9.17) is 0 Å². The number of nitrogens with zero attached hydrogens (tertiary/aromatic N) is 3. The lowest BCUT2D eigenvalue weighted by Gasteiger charge is -2.11. The van der Waals surface area contributed by atoms with Crippen molar-refractivity contribution in [2.45, 2.75) is 31.1 Å². The molecule has 0 saturated heterocycles. The van der Waals surface area contributed by atoms with Gasteiger partial charge in [0.1, 0.15) is 10.7 Å². The first-order valence-corrected chi connectivity index (χ1v) is 14.6. The second-order valence-corrected chi connectivity index (χ2v) is 12.0. The summed E-state index contributed by atoms with van der Waals surface area (Å²) in [7, 11) is -0.265. The quantitative estimate of drug-likeness (QED) is 0.332. The lowest BCUT2D eigenvalue weighted by Crippen LogP contribution is -2.31. The molecule has 38 heavy (non-hydrogen) atoms. The Morgan fingerprint density at radius 2 is 1.66 bits per heavy atom. The first-order chi connectivity index (χ1) is 18.3. The molecule has 0 bridgehead atoms. The highest BCUT2D eigenvalue weighted by atomic mass is 32.2. The Kier molecular flexibility index (Phi) is 8.30. The molecule has 8 heteroatoms. The summed E-state index contributed by atoms with van der Waals surface area (Å²) in [5, 5.41) is 10.1. The summed E-state index contributed by atoms with van der Waals surface area (Å²) >= 11 is 1.00. The van der Waals surface area contributed by atoms with Crippen LogP contribution >= 0.6 is 11.3 Å². The molecule has 0 atom stereocenters. The third-order valence-electron chi connectivity index (χ3n) is 6.16. The van der Waals surface area contributed by atoms with Crippen LogP contribution in [0.5, 0.6) is 0 Å². The van der Waals surface area contributed by atoms with E-state index in [-0.39, 0.29) is 15.1 Å². The third-order valence-corrected chi connectivity index (χ3v) is 9.10. The zero-order chi connectivity index (χ0) is 27.3. The highest BCUT2D eigenvalue weighted by Crippen LogP contribution is 2.19. The molecular formula is C30H29N3O3S2. The van der Waals surface area contributed by atoms with Crippen molar-refractivity contribution in [1.82, 2.24) is 4.57 Å². The molecule has 0 aliphatic carbocycles. The number of hydrogen-bond donors (Lipinski definition) is 0. The predicted octanol–water partition coefficient (Wildman–Crippen LogP) is 4.24. The van der Waals surface area contributed by atoms with Gasteiger partial charge in [-0.3, -0.25) is 9.36 Å². The van der Waals surface area contributed by atoms with Gasteiger partial charge in [0.05, 0.1) is 15.1 Å². The van der Waals surface area contributed by atoms with Gasteiger partial charge in [-0.1, -0.05) is 55.8 Å². The van der Waals surface area contributed by atoms with E-state index in [0.717, 1.165) is 47.4 Å². The summed E-state index contributed by atoms with van der Waals surface area (Å²) < 4.78 is 28.8. The van der Waals surface area contributed by atoms with Gasteiger partial charge in [-0.05, 0) is 66.4 Å². The molecule has 3 aromatic carbocycles. The van der Waals surface area contributed by atoms with Gasteiger partial charge >= 0.3 is 0 Å². The number of anilines is 1. The Bertz CT molecular complexity index is 1740. The molecule has 4 rings (SSSR count). The highest BCUT2D eigenvalue weighted by Gasteiger charge is 2.25. The van der Waals surface area contributed by atoms with E-state index in [1.54, 1.807) is 24.3 Å². The van der Waals surface area contributed by atoms with Crippen molar-refractivity contribution in [2.75, 3.05) is 19.0 Å². The van der Waals surface area contributed by atoms with Gasteiger partial charge in [0, 0.05) is 19.8 Å². The Labute approximate surface area is 227 Å². The van der Waals surface area contributed by atoms with Gasteiger partial charge in [0.25, 0.3) is 5.56 Å². The number of benzene rings is 3. The van der Waals surface area contributed by atoms with Crippen molar-refractivity contribution in [3.63, 3.8) is 0 Å². The molecule has 0 unspecified atom stereocenters. The fourth-order valence-corrected chi connectivity index (χ4v) is 6.67. The molecule has 0 amide bonds. The van der Waals surface area contributed by atoms with Crippen LogP contribution in [0.2, 0.25) is 0 Å². The molecule has 194 valence electrons. The van der Waals surface area contributed by atoms with Crippen LogP contribution in [0.1, 0.15) is 30.9 Å². The summed E-state index contributed by atoms with van der Waals surface area (Å²) in [5.41, 5.74) is 3.09. The first-order valence-electron chi connectivity index (χ1n) is 12.3. The van der Waals surface area contributed by atoms with E-state index in [1.807, 2.05) is 73.6 Å². The van der Waals surface area contributed by atoms with Crippen LogP contribution in [0.15, 0.2) is 88.6 Å². The standard InChI is InChI=1S/C30H29N3O3S2/c1-4-5-9-22-12-18-25(19-13-22)33-29(34)27(20-23-14-16-24(17-15-23)32(2)3)37-30(33)28(21-31)38(35,36)26-10-7-6-8-11-26/h6-8,10-20H,4-5,9H2,1-3H3. The maximum atomic E-state index is 13.7. The molecular weight excluding hydrogens is 514 g/mol. The molecule has 0 fully saturated rings. The Hall–Kier alpha value is -3.93. The van der Waals surface area contributed by atoms with Crippen LogP contribution in [-0.4, -0.2) is 27.1 Å². The minimum absolute atomic E-state index is 0.00339. The third kappa shape index (κ3) is 5.64.